The summed E-state index contributed by atoms with van der Waals surface area (Å²) in [5.74, 6) is -0.519. The van der Waals surface area contributed by atoms with Crippen LogP contribution in [0.2, 0.25) is 0 Å². The monoisotopic (exact) mass is 503 g/mol. The third-order valence-electron chi connectivity index (χ3n) is 6.37. The molecule has 1 amide bonds. The minimum Gasteiger partial charge on any atom is -0.392 e. The molecule has 0 radical (unpaired) electrons. The molecule has 4 N–H and O–H groups in total. The molecule has 0 unspecified atom stereocenters. The molecule has 0 spiro atoms. The molecule has 4 aromatic rings. The Labute approximate surface area is 214 Å². The number of carbonyl (C=O) groups excluding carboxylic acids is 1. The van der Waals surface area contributed by atoms with E-state index in [1.54, 1.807) is 36.7 Å². The highest BCUT2D eigenvalue weighted by Crippen LogP contribution is 2.31. The van der Waals surface area contributed by atoms with Gasteiger partial charge in [-0.2, -0.15) is 5.10 Å². The number of aliphatic hydroxyl groups is 2. The summed E-state index contributed by atoms with van der Waals surface area (Å²) >= 11 is 0. The van der Waals surface area contributed by atoms with E-state index >= 15 is 0 Å². The number of aromatic nitrogens is 3. The maximum absolute atomic E-state index is 13.9. The maximum Gasteiger partial charge on any atom is 0.251 e. The van der Waals surface area contributed by atoms with Crippen molar-refractivity contribution in [2.75, 3.05) is 11.9 Å². The number of benzene rings is 2. The molecule has 1 aliphatic carbocycles. The van der Waals surface area contributed by atoms with Crippen molar-refractivity contribution in [2.24, 2.45) is 0 Å². The van der Waals surface area contributed by atoms with E-state index in [0.717, 1.165) is 24.0 Å². The number of amides is 1. The number of fused-ring (bicyclic) bond motifs is 1. The number of halogens is 1. The predicted octanol–water partition coefficient (Wildman–Crippen LogP) is 4.08. The van der Waals surface area contributed by atoms with E-state index in [9.17, 15) is 19.4 Å². The van der Waals surface area contributed by atoms with Crippen LogP contribution in [0.5, 0.6) is 0 Å². The van der Waals surface area contributed by atoms with Crippen LogP contribution in [-0.4, -0.2) is 48.9 Å². The van der Waals surface area contributed by atoms with Gasteiger partial charge in [0.15, 0.2) is 5.65 Å². The number of nitrogens with zero attached hydrogens (tertiary/aromatic N) is 3. The van der Waals surface area contributed by atoms with E-state index in [1.807, 2.05) is 25.1 Å². The molecule has 0 atom stereocenters. The third-order valence-corrected chi connectivity index (χ3v) is 6.37. The molecule has 5 rings (SSSR count). The second-order valence-corrected chi connectivity index (χ2v) is 10.2. The number of imidazole rings is 1. The molecule has 1 saturated carbocycles. The summed E-state index contributed by atoms with van der Waals surface area (Å²) in [5, 5.41) is 31.2. The second kappa shape index (κ2) is 9.57. The fraction of sp³-hybridized carbons (Fsp3) is 0.321. The van der Waals surface area contributed by atoms with Gasteiger partial charge in [-0.1, -0.05) is 6.07 Å². The largest absolute Gasteiger partial charge is 0.392 e. The number of rotatable bonds is 8. The van der Waals surface area contributed by atoms with Crippen LogP contribution in [0.25, 0.3) is 28.2 Å². The molecule has 9 heteroatoms. The van der Waals surface area contributed by atoms with Gasteiger partial charge in [0.25, 0.3) is 5.91 Å². The molecule has 1 fully saturated rings. The molecule has 2 heterocycles. The molecule has 37 heavy (non-hydrogen) atoms. The van der Waals surface area contributed by atoms with Crippen molar-refractivity contribution in [3.8, 4) is 22.5 Å². The number of hydrogen-bond donors (Lipinski definition) is 4. The summed E-state index contributed by atoms with van der Waals surface area (Å²) in [6.45, 7) is 5.21. The third kappa shape index (κ3) is 5.33. The fourth-order valence-electron chi connectivity index (χ4n) is 4.25. The van der Waals surface area contributed by atoms with Crippen LogP contribution in [0.1, 0.15) is 48.2 Å². The van der Waals surface area contributed by atoms with E-state index in [0.29, 0.717) is 39.4 Å². The van der Waals surface area contributed by atoms with Crippen LogP contribution < -0.4 is 10.6 Å². The Kier molecular flexibility index (Phi) is 6.43. The molecular weight excluding hydrogens is 473 g/mol. The van der Waals surface area contributed by atoms with Gasteiger partial charge in [-0.3, -0.25) is 4.79 Å². The van der Waals surface area contributed by atoms with Crippen LogP contribution in [0.4, 0.5) is 10.1 Å². The second-order valence-electron chi connectivity index (χ2n) is 10.2. The quantitative estimate of drug-likeness (QED) is 0.288. The Bertz CT molecular complexity index is 1490. The standard InChI is InChI=1S/C28H30FN5O3/c1-16-10-17(4-8-21(16)27(36)32-20-6-7-20)25-13-30-26-24(31-15-28(2,3)37)12-23(33-34(25)26)22-9-5-19(29)11-18(22)14-35/h4-5,8-13,20,31,35,37H,6-7,14-15H2,1-3H3,(H,32,36). The lowest BCUT2D eigenvalue weighted by Crippen LogP contribution is -2.29. The van der Waals surface area contributed by atoms with Gasteiger partial charge in [0.2, 0.25) is 0 Å². The normalized spacial score (nSPS) is 13.7. The van der Waals surface area contributed by atoms with Crippen LogP contribution in [-0.2, 0) is 6.61 Å². The van der Waals surface area contributed by atoms with Gasteiger partial charge in [-0.25, -0.2) is 13.9 Å². The molecular formula is C28H30FN5O3. The van der Waals surface area contributed by atoms with Gasteiger partial charge in [-0.05, 0) is 81.1 Å². The summed E-state index contributed by atoms with van der Waals surface area (Å²) < 4.78 is 15.5. The lowest BCUT2D eigenvalue weighted by Gasteiger charge is -2.19. The predicted molar refractivity (Wildman–Crippen MR) is 140 cm³/mol. The van der Waals surface area contributed by atoms with Gasteiger partial charge in [-0.15, -0.1) is 0 Å². The van der Waals surface area contributed by atoms with Crippen molar-refractivity contribution < 1.29 is 19.4 Å². The first-order valence-corrected chi connectivity index (χ1v) is 12.3. The Balaban J connectivity index is 1.61. The van der Waals surface area contributed by atoms with Crippen molar-refractivity contribution >= 4 is 17.2 Å². The lowest BCUT2D eigenvalue weighted by molar-refractivity contribution is 0.0940. The number of nitrogens with one attached hydrogen (secondary N) is 2. The molecule has 0 bridgehead atoms. The molecule has 1 aliphatic rings. The van der Waals surface area contributed by atoms with Gasteiger partial charge in [0, 0.05) is 29.3 Å². The van der Waals surface area contributed by atoms with E-state index in [-0.39, 0.29) is 25.1 Å². The van der Waals surface area contributed by atoms with Crippen LogP contribution in [0.3, 0.4) is 0 Å². The van der Waals surface area contributed by atoms with Gasteiger partial charge >= 0.3 is 0 Å². The number of carbonyl (C=O) groups is 1. The van der Waals surface area contributed by atoms with Crippen molar-refractivity contribution in [3.05, 3.63) is 71.2 Å². The summed E-state index contributed by atoms with van der Waals surface area (Å²) in [6, 6.07) is 11.9. The Morgan fingerprint density at radius 2 is 1.97 bits per heavy atom. The first kappa shape index (κ1) is 24.9. The molecule has 192 valence electrons. The van der Waals surface area contributed by atoms with Crippen molar-refractivity contribution in [1.29, 1.82) is 0 Å². The van der Waals surface area contributed by atoms with Crippen molar-refractivity contribution in [1.82, 2.24) is 19.9 Å². The van der Waals surface area contributed by atoms with Gasteiger partial charge < -0.3 is 20.8 Å². The number of hydrogen-bond acceptors (Lipinski definition) is 6. The lowest BCUT2D eigenvalue weighted by atomic mass is 10.0. The highest BCUT2D eigenvalue weighted by atomic mass is 19.1. The topological polar surface area (TPSA) is 112 Å². The van der Waals surface area contributed by atoms with Crippen LogP contribution in [0, 0.1) is 12.7 Å². The zero-order chi connectivity index (χ0) is 26.3. The fourth-order valence-corrected chi connectivity index (χ4v) is 4.25. The average molecular weight is 504 g/mol. The molecule has 2 aromatic carbocycles. The van der Waals surface area contributed by atoms with E-state index in [1.165, 1.54) is 12.1 Å². The smallest absolute Gasteiger partial charge is 0.251 e. The molecule has 8 nitrogen and oxygen atoms in total. The van der Waals surface area contributed by atoms with Gasteiger partial charge in [0.1, 0.15) is 5.82 Å². The average Bonchev–Trinajstić information content (AvgIpc) is 3.56. The Morgan fingerprint density at radius 3 is 2.65 bits per heavy atom. The zero-order valence-corrected chi connectivity index (χ0v) is 21.0. The van der Waals surface area contributed by atoms with E-state index in [2.05, 4.69) is 15.6 Å². The number of aryl methyl sites for hydroxylation is 1. The van der Waals surface area contributed by atoms with Crippen molar-refractivity contribution in [3.63, 3.8) is 0 Å². The minimum absolute atomic E-state index is 0.0731. The first-order chi connectivity index (χ1) is 17.6. The molecule has 2 aromatic heterocycles. The summed E-state index contributed by atoms with van der Waals surface area (Å²) in [4.78, 5) is 17.2. The summed E-state index contributed by atoms with van der Waals surface area (Å²) in [7, 11) is 0. The summed E-state index contributed by atoms with van der Waals surface area (Å²) in [5.41, 5.74) is 4.69. The van der Waals surface area contributed by atoms with Crippen molar-refractivity contribution in [2.45, 2.75) is 51.9 Å². The van der Waals surface area contributed by atoms with E-state index < -0.39 is 11.4 Å². The Morgan fingerprint density at radius 1 is 1.19 bits per heavy atom. The highest BCUT2D eigenvalue weighted by Gasteiger charge is 2.25. The zero-order valence-electron chi connectivity index (χ0n) is 21.0. The first-order valence-electron chi connectivity index (χ1n) is 12.3. The minimum atomic E-state index is -0.976. The van der Waals surface area contributed by atoms with E-state index in [4.69, 9.17) is 5.10 Å². The number of aliphatic hydroxyl groups excluding tert-OH is 1. The highest BCUT2D eigenvalue weighted by molar-refractivity contribution is 5.96. The van der Waals surface area contributed by atoms with Crippen LogP contribution in [0.15, 0.2) is 48.7 Å². The maximum atomic E-state index is 13.9. The van der Waals surface area contributed by atoms with Crippen LogP contribution >= 0.6 is 0 Å². The SMILES string of the molecule is Cc1cc(-c2cnc3c(NCC(C)(C)O)cc(-c4ccc(F)cc4CO)nn23)ccc1C(=O)NC1CC1. The molecule has 0 aliphatic heterocycles. The summed E-state index contributed by atoms with van der Waals surface area (Å²) in [6.07, 6.45) is 3.75. The molecule has 0 saturated heterocycles. The number of anilines is 1. The Hall–Kier alpha value is -3.82. The van der Waals surface area contributed by atoms with Gasteiger partial charge in [0.05, 0.1) is 35.5 Å².